The molecule has 0 saturated heterocycles. The van der Waals surface area contributed by atoms with E-state index in [4.69, 9.17) is 16.3 Å². The summed E-state index contributed by atoms with van der Waals surface area (Å²) < 4.78 is 19.6. The molecule has 0 bridgehead atoms. The summed E-state index contributed by atoms with van der Waals surface area (Å²) in [5, 5.41) is 0.382. The van der Waals surface area contributed by atoms with E-state index in [1.54, 1.807) is 13.0 Å². The van der Waals surface area contributed by atoms with Crippen LogP contribution in [0.25, 0.3) is 0 Å². The summed E-state index contributed by atoms with van der Waals surface area (Å²) in [4.78, 5) is 8.66. The highest BCUT2D eigenvalue weighted by atomic mass is 79.9. The van der Waals surface area contributed by atoms with Gasteiger partial charge in [-0.25, -0.2) is 9.37 Å². The number of rotatable bonds is 3. The van der Waals surface area contributed by atoms with E-state index in [0.717, 1.165) is 12.8 Å². The monoisotopic (exact) mass is 356 g/mol. The van der Waals surface area contributed by atoms with Crippen LogP contribution in [0, 0.1) is 12.7 Å². The van der Waals surface area contributed by atoms with Crippen LogP contribution in [0.5, 0.6) is 11.6 Å². The maximum absolute atomic E-state index is 13.4. The fourth-order valence-corrected chi connectivity index (χ4v) is 2.42. The van der Waals surface area contributed by atoms with Crippen LogP contribution in [0.3, 0.4) is 0 Å². The smallest absolute Gasteiger partial charge is 0.227 e. The molecule has 0 amide bonds. The Balaban J connectivity index is 1.96. The molecule has 0 aliphatic heterocycles. The average molecular weight is 358 g/mol. The fourth-order valence-electron chi connectivity index (χ4n) is 1.81. The first-order valence-corrected chi connectivity index (χ1v) is 7.38. The number of ether oxygens (including phenoxy) is 1. The standard InChI is InChI=1S/C14H11BrClFN2O/c1-7-12(16)18-13(8-2-3-8)19-14(7)20-11-5-9(15)4-10(17)6-11/h4-6,8H,2-3H2,1H3. The summed E-state index contributed by atoms with van der Waals surface area (Å²) in [6.07, 6.45) is 2.15. The van der Waals surface area contributed by atoms with Crippen molar-refractivity contribution in [3.63, 3.8) is 0 Å². The van der Waals surface area contributed by atoms with Crippen LogP contribution < -0.4 is 4.74 Å². The molecule has 104 valence electrons. The third-order valence-corrected chi connectivity index (χ3v) is 3.88. The first-order valence-electron chi connectivity index (χ1n) is 6.21. The molecule has 1 fully saturated rings. The van der Waals surface area contributed by atoms with Crippen LogP contribution in [0.4, 0.5) is 4.39 Å². The maximum Gasteiger partial charge on any atom is 0.227 e. The second-order valence-electron chi connectivity index (χ2n) is 4.78. The second kappa shape index (κ2) is 5.30. The lowest BCUT2D eigenvalue weighted by Gasteiger charge is -2.10. The van der Waals surface area contributed by atoms with Crippen LogP contribution in [0.15, 0.2) is 22.7 Å². The SMILES string of the molecule is Cc1c(Cl)nc(C2CC2)nc1Oc1cc(F)cc(Br)c1. The molecule has 0 N–H and O–H groups in total. The molecule has 1 heterocycles. The molecule has 1 saturated carbocycles. The Morgan fingerprint density at radius 3 is 2.70 bits per heavy atom. The molecule has 1 aliphatic carbocycles. The summed E-state index contributed by atoms with van der Waals surface area (Å²) in [5.74, 6) is 1.44. The Labute approximate surface area is 129 Å². The molecule has 0 spiro atoms. The third kappa shape index (κ3) is 2.94. The van der Waals surface area contributed by atoms with E-state index < -0.39 is 0 Å². The Morgan fingerprint density at radius 2 is 2.05 bits per heavy atom. The van der Waals surface area contributed by atoms with E-state index in [-0.39, 0.29) is 5.82 Å². The summed E-state index contributed by atoms with van der Waals surface area (Å²) in [5.41, 5.74) is 0.649. The Morgan fingerprint density at radius 1 is 1.30 bits per heavy atom. The van der Waals surface area contributed by atoms with E-state index in [0.29, 0.717) is 38.6 Å². The van der Waals surface area contributed by atoms with Crippen molar-refractivity contribution in [1.29, 1.82) is 0 Å². The Hall–Kier alpha value is -1.20. The average Bonchev–Trinajstić information content (AvgIpc) is 3.17. The van der Waals surface area contributed by atoms with Crippen molar-refractivity contribution >= 4 is 27.5 Å². The molecule has 1 aromatic carbocycles. The van der Waals surface area contributed by atoms with Gasteiger partial charge in [-0.3, -0.25) is 0 Å². The molecule has 1 aromatic heterocycles. The van der Waals surface area contributed by atoms with E-state index in [2.05, 4.69) is 25.9 Å². The zero-order chi connectivity index (χ0) is 14.3. The van der Waals surface area contributed by atoms with Crippen molar-refractivity contribution in [2.75, 3.05) is 0 Å². The van der Waals surface area contributed by atoms with E-state index in [9.17, 15) is 4.39 Å². The molecule has 3 nitrogen and oxygen atoms in total. The minimum Gasteiger partial charge on any atom is -0.438 e. The third-order valence-electron chi connectivity index (χ3n) is 3.05. The first kappa shape index (κ1) is 13.8. The summed E-state index contributed by atoms with van der Waals surface area (Å²) in [6.45, 7) is 1.78. The van der Waals surface area contributed by atoms with Crippen LogP contribution in [-0.2, 0) is 0 Å². The van der Waals surface area contributed by atoms with E-state index in [1.807, 2.05) is 0 Å². The van der Waals surface area contributed by atoms with Crippen LogP contribution in [-0.4, -0.2) is 9.97 Å². The number of aromatic nitrogens is 2. The largest absolute Gasteiger partial charge is 0.438 e. The van der Waals surface area contributed by atoms with Gasteiger partial charge in [0, 0.05) is 22.0 Å². The van der Waals surface area contributed by atoms with Crippen molar-refractivity contribution in [2.45, 2.75) is 25.7 Å². The van der Waals surface area contributed by atoms with Gasteiger partial charge in [0.15, 0.2) is 0 Å². The van der Waals surface area contributed by atoms with Crippen LogP contribution >= 0.6 is 27.5 Å². The molecule has 1 aliphatic rings. The van der Waals surface area contributed by atoms with Gasteiger partial charge in [0.2, 0.25) is 5.88 Å². The molecule has 20 heavy (non-hydrogen) atoms. The van der Waals surface area contributed by atoms with Gasteiger partial charge in [0.05, 0.1) is 0 Å². The zero-order valence-corrected chi connectivity index (χ0v) is 13.0. The van der Waals surface area contributed by atoms with Crippen molar-refractivity contribution in [1.82, 2.24) is 9.97 Å². The molecule has 0 radical (unpaired) electrons. The van der Waals surface area contributed by atoms with Gasteiger partial charge in [-0.05, 0) is 31.9 Å². The summed E-state index contributed by atoms with van der Waals surface area (Å²) in [7, 11) is 0. The predicted molar refractivity (Wildman–Crippen MR) is 77.9 cm³/mol. The van der Waals surface area contributed by atoms with Crippen molar-refractivity contribution < 1.29 is 9.13 Å². The zero-order valence-electron chi connectivity index (χ0n) is 10.7. The van der Waals surface area contributed by atoms with Gasteiger partial charge in [0.25, 0.3) is 0 Å². The molecular weight excluding hydrogens is 347 g/mol. The van der Waals surface area contributed by atoms with Crippen LogP contribution in [0.2, 0.25) is 5.15 Å². The molecule has 0 unspecified atom stereocenters. The highest BCUT2D eigenvalue weighted by Gasteiger charge is 2.28. The topological polar surface area (TPSA) is 35.0 Å². The summed E-state index contributed by atoms with van der Waals surface area (Å²) >= 11 is 9.33. The number of hydrogen-bond donors (Lipinski definition) is 0. The van der Waals surface area contributed by atoms with Gasteiger partial charge in [0.1, 0.15) is 22.5 Å². The normalized spacial score (nSPS) is 14.4. The number of benzene rings is 1. The minimum absolute atomic E-state index is 0.370. The predicted octanol–water partition coefficient (Wildman–Crippen LogP) is 5.01. The lowest BCUT2D eigenvalue weighted by atomic mass is 10.3. The van der Waals surface area contributed by atoms with Gasteiger partial charge >= 0.3 is 0 Å². The van der Waals surface area contributed by atoms with Crippen molar-refractivity contribution in [3.8, 4) is 11.6 Å². The van der Waals surface area contributed by atoms with Gasteiger partial charge in [-0.15, -0.1) is 0 Å². The number of nitrogens with zero attached hydrogens (tertiary/aromatic N) is 2. The first-order chi connectivity index (χ1) is 9.52. The van der Waals surface area contributed by atoms with Gasteiger partial charge < -0.3 is 4.74 Å². The van der Waals surface area contributed by atoms with Crippen LogP contribution in [0.1, 0.15) is 30.1 Å². The minimum atomic E-state index is -0.380. The van der Waals surface area contributed by atoms with E-state index >= 15 is 0 Å². The number of hydrogen-bond acceptors (Lipinski definition) is 3. The summed E-state index contributed by atoms with van der Waals surface area (Å²) in [6, 6.07) is 4.34. The molecule has 2 aromatic rings. The van der Waals surface area contributed by atoms with Gasteiger partial charge in [-0.2, -0.15) is 4.98 Å². The molecule has 6 heteroatoms. The quantitative estimate of drug-likeness (QED) is 0.724. The molecule has 3 rings (SSSR count). The number of halogens is 3. The second-order valence-corrected chi connectivity index (χ2v) is 6.06. The lowest BCUT2D eigenvalue weighted by molar-refractivity contribution is 0.449. The molecule has 0 atom stereocenters. The fraction of sp³-hybridized carbons (Fsp3) is 0.286. The highest BCUT2D eigenvalue weighted by Crippen LogP contribution is 2.40. The lowest BCUT2D eigenvalue weighted by Crippen LogP contribution is -2.00. The van der Waals surface area contributed by atoms with Gasteiger partial charge in [-0.1, -0.05) is 27.5 Å². The molecular formula is C14H11BrClFN2O. The van der Waals surface area contributed by atoms with Crippen molar-refractivity contribution in [3.05, 3.63) is 45.0 Å². The Bertz CT molecular complexity index is 656. The van der Waals surface area contributed by atoms with E-state index in [1.165, 1.54) is 12.1 Å². The maximum atomic E-state index is 13.4. The Kier molecular flexibility index (Phi) is 3.65. The van der Waals surface area contributed by atoms with Crippen molar-refractivity contribution in [2.24, 2.45) is 0 Å². The highest BCUT2D eigenvalue weighted by molar-refractivity contribution is 9.10.